The second-order valence-electron chi connectivity index (χ2n) is 7.74. The van der Waals surface area contributed by atoms with Gasteiger partial charge in [-0.3, -0.25) is 9.59 Å². The third-order valence-corrected chi connectivity index (χ3v) is 5.16. The molecule has 0 aliphatic carbocycles. The molecule has 0 aromatic heterocycles. The lowest BCUT2D eigenvalue weighted by molar-refractivity contribution is -0.129. The zero-order valence-corrected chi connectivity index (χ0v) is 19.3. The Morgan fingerprint density at radius 2 is 1.50 bits per heavy atom. The summed E-state index contributed by atoms with van der Waals surface area (Å²) in [6.45, 7) is -0.217. The van der Waals surface area contributed by atoms with E-state index in [2.05, 4.69) is 15.8 Å². The minimum atomic E-state index is -0.488. The van der Waals surface area contributed by atoms with Crippen LogP contribution in [0, 0.1) is 0 Å². The topological polar surface area (TPSA) is 96.9 Å². The maximum absolute atomic E-state index is 12.5. The molecule has 0 aliphatic rings. The highest BCUT2D eigenvalue weighted by Gasteiger charge is 2.10. The summed E-state index contributed by atoms with van der Waals surface area (Å²) in [6.07, 6.45) is 4.49. The molecule has 0 aliphatic heterocycles. The second kappa shape index (κ2) is 11.9. The molecule has 0 bridgehead atoms. The number of ether oxygens (including phenoxy) is 1. The molecule has 2 N–H and O–H groups in total. The number of fused-ring (bicyclic) bond motifs is 1. The first-order valence-electron chi connectivity index (χ1n) is 11.2. The number of hydrogen-bond donors (Lipinski definition) is 2. The number of esters is 1. The standard InChI is InChI=1S/C29H23N3O4/c33-27(20-30-29(35)26-12-6-10-23-9-4-5-11-25(23)26)32-31-19-22-13-16-24(17-14-22)36-28(34)18-15-21-7-2-1-3-8-21/h1-19H,20H2,(H,30,35)(H,32,33). The fourth-order valence-corrected chi connectivity index (χ4v) is 3.40. The Balaban J connectivity index is 1.23. The minimum Gasteiger partial charge on any atom is -0.423 e. The average Bonchev–Trinajstić information content (AvgIpc) is 2.92. The van der Waals surface area contributed by atoms with Crippen molar-refractivity contribution in [3.8, 4) is 5.75 Å². The SMILES string of the molecule is O=C(CNC(=O)c1cccc2ccccc12)NN=Cc1ccc(OC(=O)C=Cc2ccccc2)cc1. The minimum absolute atomic E-state index is 0.217. The normalized spacial score (nSPS) is 11.0. The highest BCUT2D eigenvalue weighted by Crippen LogP contribution is 2.18. The van der Waals surface area contributed by atoms with Gasteiger partial charge in [0.05, 0.1) is 12.8 Å². The van der Waals surface area contributed by atoms with Crippen LogP contribution in [-0.4, -0.2) is 30.5 Å². The van der Waals surface area contributed by atoms with Gasteiger partial charge in [-0.1, -0.05) is 66.7 Å². The monoisotopic (exact) mass is 477 g/mol. The lowest BCUT2D eigenvalue weighted by atomic mass is 10.0. The van der Waals surface area contributed by atoms with Gasteiger partial charge < -0.3 is 10.1 Å². The number of carbonyl (C=O) groups excluding carboxylic acids is 3. The zero-order valence-electron chi connectivity index (χ0n) is 19.3. The number of rotatable bonds is 8. The number of benzene rings is 4. The van der Waals surface area contributed by atoms with Crippen molar-refractivity contribution in [1.82, 2.24) is 10.7 Å². The van der Waals surface area contributed by atoms with Crippen molar-refractivity contribution in [3.63, 3.8) is 0 Å². The van der Waals surface area contributed by atoms with Crippen molar-refractivity contribution < 1.29 is 19.1 Å². The molecular formula is C29H23N3O4. The first-order chi connectivity index (χ1) is 17.6. The lowest BCUT2D eigenvalue weighted by Gasteiger charge is -2.07. The average molecular weight is 478 g/mol. The van der Waals surface area contributed by atoms with E-state index in [-0.39, 0.29) is 12.5 Å². The van der Waals surface area contributed by atoms with Crippen molar-refractivity contribution in [2.24, 2.45) is 5.10 Å². The molecule has 0 saturated heterocycles. The van der Waals surface area contributed by atoms with Gasteiger partial charge in [-0.15, -0.1) is 0 Å². The Morgan fingerprint density at radius 1 is 0.778 bits per heavy atom. The van der Waals surface area contributed by atoms with Crippen LogP contribution in [0.2, 0.25) is 0 Å². The van der Waals surface area contributed by atoms with Gasteiger partial charge in [0, 0.05) is 11.6 Å². The fraction of sp³-hybridized carbons (Fsp3) is 0.0345. The molecule has 0 atom stereocenters. The van der Waals surface area contributed by atoms with Crippen LogP contribution in [0.5, 0.6) is 5.75 Å². The molecule has 0 unspecified atom stereocenters. The Morgan fingerprint density at radius 3 is 2.31 bits per heavy atom. The van der Waals surface area contributed by atoms with E-state index in [0.717, 1.165) is 16.3 Å². The first kappa shape index (κ1) is 24.1. The van der Waals surface area contributed by atoms with E-state index in [1.807, 2.05) is 60.7 Å². The number of carbonyl (C=O) groups is 3. The summed E-state index contributed by atoms with van der Waals surface area (Å²) in [6, 6.07) is 29.1. The van der Waals surface area contributed by atoms with E-state index in [9.17, 15) is 14.4 Å². The number of amides is 2. The lowest BCUT2D eigenvalue weighted by Crippen LogP contribution is -2.35. The van der Waals surface area contributed by atoms with Crippen LogP contribution in [-0.2, 0) is 9.59 Å². The Kier molecular flexibility index (Phi) is 7.96. The van der Waals surface area contributed by atoms with Crippen molar-refractivity contribution in [2.45, 2.75) is 0 Å². The van der Waals surface area contributed by atoms with Gasteiger partial charge >= 0.3 is 5.97 Å². The molecule has 178 valence electrons. The molecule has 0 heterocycles. The predicted octanol–water partition coefficient (Wildman–Crippen LogP) is 4.34. The van der Waals surface area contributed by atoms with Crippen LogP contribution >= 0.6 is 0 Å². The second-order valence-corrected chi connectivity index (χ2v) is 7.74. The van der Waals surface area contributed by atoms with Crippen LogP contribution in [0.4, 0.5) is 0 Å². The van der Waals surface area contributed by atoms with E-state index in [1.165, 1.54) is 12.3 Å². The number of hydrogen-bond acceptors (Lipinski definition) is 5. The highest BCUT2D eigenvalue weighted by atomic mass is 16.5. The smallest absolute Gasteiger partial charge is 0.336 e. The van der Waals surface area contributed by atoms with Crippen LogP contribution in [0.15, 0.2) is 108 Å². The molecule has 7 heteroatoms. The molecule has 4 aromatic carbocycles. The van der Waals surface area contributed by atoms with Crippen molar-refractivity contribution in [3.05, 3.63) is 120 Å². The molecule has 36 heavy (non-hydrogen) atoms. The Hall–Kier alpha value is -5.04. The van der Waals surface area contributed by atoms with Gasteiger partial charge in [0.1, 0.15) is 5.75 Å². The van der Waals surface area contributed by atoms with Gasteiger partial charge in [0.25, 0.3) is 11.8 Å². The summed E-state index contributed by atoms with van der Waals surface area (Å²) >= 11 is 0. The number of nitrogens with one attached hydrogen (secondary N) is 2. The third kappa shape index (κ3) is 6.74. The highest BCUT2D eigenvalue weighted by molar-refractivity contribution is 6.07. The third-order valence-electron chi connectivity index (χ3n) is 5.16. The van der Waals surface area contributed by atoms with Crippen molar-refractivity contribution in [1.29, 1.82) is 0 Å². The van der Waals surface area contributed by atoms with Crippen LogP contribution < -0.4 is 15.5 Å². The zero-order chi connectivity index (χ0) is 25.2. The molecule has 4 aromatic rings. The number of hydrazone groups is 1. The van der Waals surface area contributed by atoms with Crippen LogP contribution in [0.3, 0.4) is 0 Å². The maximum Gasteiger partial charge on any atom is 0.336 e. The number of nitrogens with zero attached hydrogens (tertiary/aromatic N) is 1. The summed E-state index contributed by atoms with van der Waals surface area (Å²) in [5, 5.41) is 8.27. The van der Waals surface area contributed by atoms with E-state index >= 15 is 0 Å². The van der Waals surface area contributed by atoms with Gasteiger partial charge in [-0.2, -0.15) is 5.10 Å². The molecule has 2 amide bonds. The summed E-state index contributed by atoms with van der Waals surface area (Å²) in [5.41, 5.74) is 4.47. The van der Waals surface area contributed by atoms with Gasteiger partial charge in [-0.25, -0.2) is 10.2 Å². The molecule has 0 fully saturated rings. The van der Waals surface area contributed by atoms with E-state index in [1.54, 1.807) is 42.5 Å². The quantitative estimate of drug-likeness (QED) is 0.130. The predicted molar refractivity (Wildman–Crippen MR) is 140 cm³/mol. The Labute approximate surface area is 208 Å². The van der Waals surface area contributed by atoms with E-state index < -0.39 is 11.9 Å². The van der Waals surface area contributed by atoms with Gasteiger partial charge in [-0.05, 0) is 58.3 Å². The van der Waals surface area contributed by atoms with Crippen LogP contribution in [0.25, 0.3) is 16.8 Å². The molecule has 7 nitrogen and oxygen atoms in total. The summed E-state index contributed by atoms with van der Waals surface area (Å²) in [4.78, 5) is 36.5. The van der Waals surface area contributed by atoms with Gasteiger partial charge in [0.2, 0.25) is 0 Å². The first-order valence-corrected chi connectivity index (χ1v) is 11.2. The van der Waals surface area contributed by atoms with E-state index in [0.29, 0.717) is 16.9 Å². The summed E-state index contributed by atoms with van der Waals surface area (Å²) in [5.74, 6) is -0.904. The summed E-state index contributed by atoms with van der Waals surface area (Å²) < 4.78 is 5.27. The Bertz CT molecular complexity index is 1420. The van der Waals surface area contributed by atoms with Crippen molar-refractivity contribution >= 4 is 40.8 Å². The van der Waals surface area contributed by atoms with E-state index in [4.69, 9.17) is 4.74 Å². The fourth-order valence-electron chi connectivity index (χ4n) is 3.40. The summed E-state index contributed by atoms with van der Waals surface area (Å²) in [7, 11) is 0. The molecule has 0 saturated carbocycles. The van der Waals surface area contributed by atoms with Crippen LogP contribution in [0.1, 0.15) is 21.5 Å². The largest absolute Gasteiger partial charge is 0.423 e. The van der Waals surface area contributed by atoms with Crippen molar-refractivity contribution in [2.75, 3.05) is 6.54 Å². The molecule has 0 spiro atoms. The molecular weight excluding hydrogens is 454 g/mol. The molecule has 4 rings (SSSR count). The molecule has 0 radical (unpaired) electrons. The maximum atomic E-state index is 12.5. The van der Waals surface area contributed by atoms with Gasteiger partial charge in [0.15, 0.2) is 0 Å².